The van der Waals surface area contributed by atoms with Crippen LogP contribution in [-0.4, -0.2) is 6.10 Å². The Labute approximate surface area is 142 Å². The standard InChI is InChI=1S/C20H23F2NO/c21-18-10-6-17(7-11-18)15-24-20-12-8-16(9-13-20)4-2-1-3-5-19(22)14-23/h1,3,5-7,10-11,16,20H,2,4,8-9,12-13,15H2/b3-1+,19-5-. The molecular weight excluding hydrogens is 308 g/mol. The predicted octanol–water partition coefficient (Wildman–Crippen LogP) is 5.61. The van der Waals surface area contributed by atoms with Crippen molar-refractivity contribution in [3.63, 3.8) is 0 Å². The van der Waals surface area contributed by atoms with Gasteiger partial charge in [0.05, 0.1) is 12.7 Å². The van der Waals surface area contributed by atoms with Crippen molar-refractivity contribution in [3.05, 3.63) is 59.7 Å². The van der Waals surface area contributed by atoms with E-state index in [2.05, 4.69) is 0 Å². The fourth-order valence-electron chi connectivity index (χ4n) is 3.00. The minimum atomic E-state index is -0.759. The van der Waals surface area contributed by atoms with Gasteiger partial charge in [0, 0.05) is 0 Å². The third kappa shape index (κ3) is 6.64. The van der Waals surface area contributed by atoms with E-state index in [4.69, 9.17) is 10.00 Å². The summed E-state index contributed by atoms with van der Waals surface area (Å²) in [5.41, 5.74) is 1.00. The van der Waals surface area contributed by atoms with E-state index in [0.717, 1.165) is 44.1 Å². The molecule has 1 aliphatic rings. The van der Waals surface area contributed by atoms with Gasteiger partial charge in [0.25, 0.3) is 0 Å². The molecule has 128 valence electrons. The number of hydrogen-bond donors (Lipinski definition) is 0. The molecule has 1 saturated carbocycles. The second-order valence-electron chi connectivity index (χ2n) is 6.21. The molecule has 0 atom stereocenters. The summed E-state index contributed by atoms with van der Waals surface area (Å²) in [6.45, 7) is 0.537. The van der Waals surface area contributed by atoms with Gasteiger partial charge in [-0.15, -0.1) is 0 Å². The average molecular weight is 331 g/mol. The van der Waals surface area contributed by atoms with E-state index < -0.39 is 5.83 Å². The molecule has 0 N–H and O–H groups in total. The lowest BCUT2D eigenvalue weighted by Crippen LogP contribution is -2.21. The smallest absolute Gasteiger partial charge is 0.199 e. The van der Waals surface area contributed by atoms with Crippen molar-refractivity contribution in [1.82, 2.24) is 0 Å². The van der Waals surface area contributed by atoms with Crippen molar-refractivity contribution < 1.29 is 13.5 Å². The first-order chi connectivity index (χ1) is 11.7. The second kappa shape index (κ2) is 10.00. The molecule has 0 saturated heterocycles. The lowest BCUT2D eigenvalue weighted by Gasteiger charge is -2.28. The van der Waals surface area contributed by atoms with Crippen LogP contribution in [0.4, 0.5) is 8.78 Å². The fraction of sp³-hybridized carbons (Fsp3) is 0.450. The fourth-order valence-corrected chi connectivity index (χ4v) is 3.00. The van der Waals surface area contributed by atoms with Crippen LogP contribution >= 0.6 is 0 Å². The highest BCUT2D eigenvalue weighted by molar-refractivity contribution is 5.18. The Hall–Kier alpha value is -1.99. The van der Waals surface area contributed by atoms with Crippen LogP contribution in [0.25, 0.3) is 0 Å². The largest absolute Gasteiger partial charge is 0.374 e. The molecule has 0 aliphatic heterocycles. The van der Waals surface area contributed by atoms with Crippen LogP contribution in [0.5, 0.6) is 0 Å². The van der Waals surface area contributed by atoms with E-state index in [9.17, 15) is 8.78 Å². The zero-order valence-electron chi connectivity index (χ0n) is 13.8. The van der Waals surface area contributed by atoms with Crippen molar-refractivity contribution in [2.75, 3.05) is 0 Å². The topological polar surface area (TPSA) is 33.0 Å². The highest BCUT2D eigenvalue weighted by Gasteiger charge is 2.21. The molecule has 0 amide bonds. The SMILES string of the molecule is N#C/C(F)=C/C=C/CCC1CCC(OCc2ccc(F)cc2)CC1. The Morgan fingerprint density at radius 1 is 1.21 bits per heavy atom. The zero-order valence-corrected chi connectivity index (χ0v) is 13.8. The molecule has 24 heavy (non-hydrogen) atoms. The average Bonchev–Trinajstić information content (AvgIpc) is 2.61. The number of nitriles is 1. The number of ether oxygens (including phenoxy) is 1. The van der Waals surface area contributed by atoms with E-state index in [1.165, 1.54) is 24.3 Å². The Bertz CT molecular complexity index is 593. The van der Waals surface area contributed by atoms with E-state index in [0.29, 0.717) is 12.5 Å². The number of halogens is 2. The predicted molar refractivity (Wildman–Crippen MR) is 90.1 cm³/mol. The van der Waals surface area contributed by atoms with Crippen LogP contribution < -0.4 is 0 Å². The maximum atomic E-state index is 12.9. The summed E-state index contributed by atoms with van der Waals surface area (Å²) < 4.78 is 31.4. The van der Waals surface area contributed by atoms with Crippen LogP contribution in [0.1, 0.15) is 44.1 Å². The normalized spacial score (nSPS) is 21.8. The number of hydrogen-bond acceptors (Lipinski definition) is 2. The molecule has 0 unspecified atom stereocenters. The lowest BCUT2D eigenvalue weighted by molar-refractivity contribution is 0.00645. The molecule has 0 spiro atoms. The number of nitrogens with zero attached hydrogens (tertiary/aromatic N) is 1. The van der Waals surface area contributed by atoms with E-state index >= 15 is 0 Å². The summed E-state index contributed by atoms with van der Waals surface area (Å²) in [6, 6.07) is 7.89. The number of rotatable bonds is 7. The van der Waals surface area contributed by atoms with Crippen LogP contribution in [0.3, 0.4) is 0 Å². The van der Waals surface area contributed by atoms with Crippen molar-refractivity contribution in [3.8, 4) is 6.07 Å². The Morgan fingerprint density at radius 3 is 2.58 bits per heavy atom. The van der Waals surface area contributed by atoms with Gasteiger partial charge in [0.2, 0.25) is 0 Å². The third-order valence-corrected chi connectivity index (χ3v) is 4.42. The van der Waals surface area contributed by atoms with Gasteiger partial charge in [-0.25, -0.2) is 4.39 Å². The van der Waals surface area contributed by atoms with Crippen LogP contribution in [-0.2, 0) is 11.3 Å². The van der Waals surface area contributed by atoms with Gasteiger partial charge < -0.3 is 4.74 Å². The Balaban J connectivity index is 1.61. The summed E-state index contributed by atoms with van der Waals surface area (Å²) in [6.07, 6.45) is 11.4. The van der Waals surface area contributed by atoms with Gasteiger partial charge in [0.1, 0.15) is 11.9 Å². The van der Waals surface area contributed by atoms with E-state index in [1.807, 2.05) is 6.08 Å². The summed E-state index contributed by atoms with van der Waals surface area (Å²) in [5.74, 6) is -0.297. The molecule has 1 aromatic rings. The van der Waals surface area contributed by atoms with Gasteiger partial charge >= 0.3 is 0 Å². The molecule has 1 fully saturated rings. The van der Waals surface area contributed by atoms with Crippen LogP contribution in [0, 0.1) is 23.1 Å². The first-order valence-corrected chi connectivity index (χ1v) is 8.46. The van der Waals surface area contributed by atoms with Gasteiger partial charge in [-0.05, 0) is 68.2 Å². The third-order valence-electron chi connectivity index (χ3n) is 4.42. The summed E-state index contributed by atoms with van der Waals surface area (Å²) in [4.78, 5) is 0. The zero-order chi connectivity index (χ0) is 17.2. The Kier molecular flexibility index (Phi) is 7.64. The van der Waals surface area contributed by atoms with Gasteiger partial charge in [-0.2, -0.15) is 9.65 Å². The van der Waals surface area contributed by atoms with Gasteiger partial charge in [0.15, 0.2) is 5.83 Å². The maximum absolute atomic E-state index is 12.9. The number of allylic oxidation sites excluding steroid dienone is 4. The van der Waals surface area contributed by atoms with E-state index in [1.54, 1.807) is 18.2 Å². The maximum Gasteiger partial charge on any atom is 0.199 e. The molecule has 1 aliphatic carbocycles. The van der Waals surface area contributed by atoms with Crippen molar-refractivity contribution in [2.24, 2.45) is 5.92 Å². The summed E-state index contributed by atoms with van der Waals surface area (Å²) in [5, 5.41) is 8.29. The molecule has 0 radical (unpaired) electrons. The first-order valence-electron chi connectivity index (χ1n) is 8.46. The van der Waals surface area contributed by atoms with Crippen molar-refractivity contribution in [1.29, 1.82) is 5.26 Å². The van der Waals surface area contributed by atoms with E-state index in [-0.39, 0.29) is 11.9 Å². The molecule has 2 rings (SSSR count). The Morgan fingerprint density at radius 2 is 1.92 bits per heavy atom. The highest BCUT2D eigenvalue weighted by Crippen LogP contribution is 2.30. The minimum Gasteiger partial charge on any atom is -0.374 e. The molecule has 0 aromatic heterocycles. The van der Waals surface area contributed by atoms with Gasteiger partial charge in [-0.3, -0.25) is 0 Å². The minimum absolute atomic E-state index is 0.223. The summed E-state index contributed by atoms with van der Waals surface area (Å²) in [7, 11) is 0. The second-order valence-corrected chi connectivity index (χ2v) is 6.21. The lowest BCUT2D eigenvalue weighted by atomic mass is 9.84. The van der Waals surface area contributed by atoms with Crippen LogP contribution in [0.2, 0.25) is 0 Å². The molecule has 4 heteroatoms. The quantitative estimate of drug-likeness (QED) is 0.480. The van der Waals surface area contributed by atoms with Crippen molar-refractivity contribution >= 4 is 0 Å². The molecular formula is C20H23F2NO. The van der Waals surface area contributed by atoms with Gasteiger partial charge in [-0.1, -0.05) is 24.3 Å². The van der Waals surface area contributed by atoms with Crippen molar-refractivity contribution in [2.45, 2.75) is 51.2 Å². The van der Waals surface area contributed by atoms with Crippen LogP contribution in [0.15, 0.2) is 48.3 Å². The summed E-state index contributed by atoms with van der Waals surface area (Å²) >= 11 is 0. The molecule has 1 aromatic carbocycles. The molecule has 0 bridgehead atoms. The molecule has 2 nitrogen and oxygen atoms in total. The highest BCUT2D eigenvalue weighted by atomic mass is 19.1. The number of benzene rings is 1. The first kappa shape index (κ1) is 18.4. The molecule has 0 heterocycles. The monoisotopic (exact) mass is 331 g/mol.